The summed E-state index contributed by atoms with van der Waals surface area (Å²) >= 11 is 0. The monoisotopic (exact) mass is 166 g/mol. The molecule has 0 amide bonds. The number of aromatic nitrogens is 1. The van der Waals surface area contributed by atoms with Crippen molar-refractivity contribution in [3.05, 3.63) is 28.2 Å². The van der Waals surface area contributed by atoms with E-state index in [-0.39, 0.29) is 5.56 Å². The van der Waals surface area contributed by atoms with Gasteiger partial charge >= 0.3 is 0 Å². The van der Waals surface area contributed by atoms with Crippen LogP contribution >= 0.6 is 0 Å². The summed E-state index contributed by atoms with van der Waals surface area (Å²) < 4.78 is 1.64. The van der Waals surface area contributed by atoms with Gasteiger partial charge in [0, 0.05) is 12.7 Å². The van der Waals surface area contributed by atoms with Crippen LogP contribution in [0, 0.1) is 6.92 Å². The molecule has 1 heterocycles. The van der Waals surface area contributed by atoms with Crippen molar-refractivity contribution in [2.75, 3.05) is 5.73 Å². The third kappa shape index (κ3) is 1.49. The molecule has 2 N–H and O–H groups in total. The Labute approximate surface area is 71.8 Å². The third-order valence-corrected chi connectivity index (χ3v) is 1.89. The fraction of sp³-hybridized carbons (Fsp3) is 0.444. The van der Waals surface area contributed by atoms with Crippen molar-refractivity contribution in [3.63, 3.8) is 0 Å². The molecule has 0 bridgehead atoms. The van der Waals surface area contributed by atoms with Gasteiger partial charge in [-0.05, 0) is 25.0 Å². The van der Waals surface area contributed by atoms with Gasteiger partial charge in [-0.2, -0.15) is 0 Å². The summed E-state index contributed by atoms with van der Waals surface area (Å²) in [7, 11) is 0. The summed E-state index contributed by atoms with van der Waals surface area (Å²) in [6.45, 7) is 4.61. The van der Waals surface area contributed by atoms with Gasteiger partial charge < -0.3 is 10.3 Å². The topological polar surface area (TPSA) is 48.0 Å². The fourth-order valence-corrected chi connectivity index (χ4v) is 1.10. The first kappa shape index (κ1) is 8.84. The van der Waals surface area contributed by atoms with Crippen molar-refractivity contribution in [2.45, 2.75) is 26.8 Å². The van der Waals surface area contributed by atoms with Gasteiger partial charge in [0.15, 0.2) is 0 Å². The Morgan fingerprint density at radius 1 is 1.58 bits per heavy atom. The van der Waals surface area contributed by atoms with E-state index in [1.807, 2.05) is 19.9 Å². The lowest BCUT2D eigenvalue weighted by molar-refractivity contribution is 0.655. The van der Waals surface area contributed by atoms with Crippen molar-refractivity contribution in [2.24, 2.45) is 0 Å². The predicted octanol–water partition coefficient (Wildman–Crippen LogP) is 1.15. The summed E-state index contributed by atoms with van der Waals surface area (Å²) in [5.41, 5.74) is 6.73. The van der Waals surface area contributed by atoms with Crippen LogP contribution in [-0.2, 0) is 6.54 Å². The number of pyridine rings is 1. The van der Waals surface area contributed by atoms with Crippen LogP contribution < -0.4 is 11.3 Å². The molecule has 0 spiro atoms. The highest BCUT2D eigenvalue weighted by Gasteiger charge is 2.01. The van der Waals surface area contributed by atoms with Gasteiger partial charge in [0.2, 0.25) is 0 Å². The summed E-state index contributed by atoms with van der Waals surface area (Å²) in [5, 5.41) is 0. The average Bonchev–Trinajstić information content (AvgIpc) is 2.07. The van der Waals surface area contributed by atoms with Crippen LogP contribution in [0.4, 0.5) is 5.69 Å². The van der Waals surface area contributed by atoms with E-state index in [1.54, 1.807) is 10.8 Å². The Bertz CT molecular complexity index is 328. The molecule has 0 unspecified atom stereocenters. The van der Waals surface area contributed by atoms with Gasteiger partial charge in [0.05, 0.1) is 0 Å². The molecule has 3 nitrogen and oxygen atoms in total. The van der Waals surface area contributed by atoms with E-state index < -0.39 is 0 Å². The SMILES string of the molecule is CCCn1ccc(C)c(N)c1=O. The number of aryl methyl sites for hydroxylation is 2. The van der Waals surface area contributed by atoms with Crippen LogP contribution in [0.15, 0.2) is 17.1 Å². The van der Waals surface area contributed by atoms with Gasteiger partial charge in [-0.15, -0.1) is 0 Å². The lowest BCUT2D eigenvalue weighted by Gasteiger charge is -2.05. The minimum atomic E-state index is -0.0724. The van der Waals surface area contributed by atoms with Gasteiger partial charge in [-0.1, -0.05) is 6.92 Å². The molecule has 0 radical (unpaired) electrons. The fourth-order valence-electron chi connectivity index (χ4n) is 1.10. The predicted molar refractivity (Wildman–Crippen MR) is 50.1 cm³/mol. The molecule has 0 atom stereocenters. The first-order valence-corrected chi connectivity index (χ1v) is 4.12. The lowest BCUT2D eigenvalue weighted by Crippen LogP contribution is -2.23. The highest BCUT2D eigenvalue weighted by atomic mass is 16.1. The standard InChI is InChI=1S/C9H14N2O/c1-3-5-11-6-4-7(2)8(10)9(11)12/h4,6H,3,5,10H2,1-2H3. The zero-order chi connectivity index (χ0) is 9.14. The van der Waals surface area contributed by atoms with Gasteiger partial charge in [0.1, 0.15) is 5.69 Å². The van der Waals surface area contributed by atoms with Crippen LogP contribution in [0.2, 0.25) is 0 Å². The molecule has 0 aliphatic heterocycles. The molecule has 1 aromatic rings. The van der Waals surface area contributed by atoms with Gasteiger partial charge in [-0.25, -0.2) is 0 Å². The highest BCUT2D eigenvalue weighted by Crippen LogP contribution is 2.02. The minimum absolute atomic E-state index is 0.0724. The Kier molecular flexibility index (Phi) is 2.53. The van der Waals surface area contributed by atoms with Crippen molar-refractivity contribution in [1.29, 1.82) is 0 Å². The molecule has 1 aromatic heterocycles. The lowest BCUT2D eigenvalue weighted by atomic mass is 10.2. The van der Waals surface area contributed by atoms with E-state index >= 15 is 0 Å². The summed E-state index contributed by atoms with van der Waals surface area (Å²) in [4.78, 5) is 11.4. The summed E-state index contributed by atoms with van der Waals surface area (Å²) in [6.07, 6.45) is 2.74. The maximum absolute atomic E-state index is 11.4. The molecule has 0 fully saturated rings. The summed E-state index contributed by atoms with van der Waals surface area (Å²) in [5.74, 6) is 0. The zero-order valence-electron chi connectivity index (χ0n) is 7.50. The van der Waals surface area contributed by atoms with Crippen LogP contribution in [0.3, 0.4) is 0 Å². The van der Waals surface area contributed by atoms with Crippen molar-refractivity contribution in [3.8, 4) is 0 Å². The molecule has 0 aromatic carbocycles. The second-order valence-corrected chi connectivity index (χ2v) is 2.91. The van der Waals surface area contributed by atoms with E-state index in [4.69, 9.17) is 5.73 Å². The van der Waals surface area contributed by atoms with Gasteiger partial charge in [0.25, 0.3) is 5.56 Å². The van der Waals surface area contributed by atoms with E-state index in [0.29, 0.717) is 5.69 Å². The number of hydrogen-bond acceptors (Lipinski definition) is 2. The molecule has 1 rings (SSSR count). The molecular weight excluding hydrogens is 152 g/mol. The second-order valence-electron chi connectivity index (χ2n) is 2.91. The Morgan fingerprint density at radius 2 is 2.25 bits per heavy atom. The highest BCUT2D eigenvalue weighted by molar-refractivity contribution is 5.42. The Morgan fingerprint density at radius 3 is 2.83 bits per heavy atom. The minimum Gasteiger partial charge on any atom is -0.394 e. The van der Waals surface area contributed by atoms with Crippen molar-refractivity contribution in [1.82, 2.24) is 4.57 Å². The molecule has 3 heteroatoms. The van der Waals surface area contributed by atoms with E-state index in [0.717, 1.165) is 18.5 Å². The zero-order valence-corrected chi connectivity index (χ0v) is 7.50. The maximum Gasteiger partial charge on any atom is 0.273 e. The molecule has 0 aliphatic rings. The number of nitrogens with zero attached hydrogens (tertiary/aromatic N) is 1. The molecule has 12 heavy (non-hydrogen) atoms. The van der Waals surface area contributed by atoms with E-state index in [9.17, 15) is 4.79 Å². The van der Waals surface area contributed by atoms with Gasteiger partial charge in [-0.3, -0.25) is 4.79 Å². The number of nitrogens with two attached hydrogens (primary N) is 1. The maximum atomic E-state index is 11.4. The van der Waals surface area contributed by atoms with Crippen LogP contribution in [0.25, 0.3) is 0 Å². The Balaban J connectivity index is 3.18. The van der Waals surface area contributed by atoms with Crippen molar-refractivity contribution >= 4 is 5.69 Å². The average molecular weight is 166 g/mol. The quantitative estimate of drug-likeness (QED) is 0.716. The second kappa shape index (κ2) is 3.43. The number of nitrogen functional groups attached to an aromatic ring is 1. The smallest absolute Gasteiger partial charge is 0.273 e. The molecule has 66 valence electrons. The molecule has 0 saturated heterocycles. The van der Waals surface area contributed by atoms with E-state index in [1.165, 1.54) is 0 Å². The number of anilines is 1. The molecule has 0 saturated carbocycles. The largest absolute Gasteiger partial charge is 0.394 e. The Hall–Kier alpha value is -1.25. The first-order valence-electron chi connectivity index (χ1n) is 4.12. The van der Waals surface area contributed by atoms with E-state index in [2.05, 4.69) is 0 Å². The third-order valence-electron chi connectivity index (χ3n) is 1.89. The van der Waals surface area contributed by atoms with Crippen LogP contribution in [0.1, 0.15) is 18.9 Å². The van der Waals surface area contributed by atoms with Crippen LogP contribution in [0.5, 0.6) is 0 Å². The molecule has 0 aliphatic carbocycles. The number of hydrogen-bond donors (Lipinski definition) is 1. The number of rotatable bonds is 2. The first-order chi connectivity index (χ1) is 5.66. The van der Waals surface area contributed by atoms with Crippen LogP contribution in [-0.4, -0.2) is 4.57 Å². The molecular formula is C9H14N2O. The van der Waals surface area contributed by atoms with Crippen molar-refractivity contribution < 1.29 is 0 Å². The summed E-state index contributed by atoms with van der Waals surface area (Å²) in [6, 6.07) is 1.87. The normalized spacial score (nSPS) is 10.2.